The van der Waals surface area contributed by atoms with Crippen LogP contribution in [0.3, 0.4) is 0 Å². The second kappa shape index (κ2) is 7.55. The van der Waals surface area contributed by atoms with E-state index >= 15 is 0 Å². The molecule has 0 bridgehead atoms. The first-order valence-electron chi connectivity index (χ1n) is 6.88. The van der Waals surface area contributed by atoms with Crippen LogP contribution in [-0.2, 0) is 9.47 Å². The lowest BCUT2D eigenvalue weighted by Crippen LogP contribution is -2.09. The second-order valence-electron chi connectivity index (χ2n) is 4.86. The maximum atomic E-state index is 13.7. The van der Waals surface area contributed by atoms with Crippen molar-refractivity contribution >= 4 is 23.3 Å². The summed E-state index contributed by atoms with van der Waals surface area (Å²) >= 11 is 0. The quantitative estimate of drug-likeness (QED) is 0.585. The third-order valence-corrected chi connectivity index (χ3v) is 3.42. The summed E-state index contributed by atoms with van der Waals surface area (Å²) < 4.78 is 36.5. The minimum Gasteiger partial charge on any atom is -0.465 e. The van der Waals surface area contributed by atoms with Crippen molar-refractivity contribution in [2.75, 3.05) is 14.2 Å². The van der Waals surface area contributed by atoms with Gasteiger partial charge >= 0.3 is 11.9 Å². The van der Waals surface area contributed by atoms with E-state index < -0.39 is 57.2 Å². The molecule has 0 saturated carbocycles. The Bertz CT molecular complexity index is 854. The van der Waals surface area contributed by atoms with Gasteiger partial charge in [0.25, 0.3) is 0 Å². The Morgan fingerprint density at radius 1 is 0.769 bits per heavy atom. The number of methoxy groups -OCH3 is 2. The van der Waals surface area contributed by atoms with Crippen molar-refractivity contribution < 1.29 is 27.8 Å². The molecule has 0 N–H and O–H groups in total. The predicted octanol–water partition coefficient (Wildman–Crippen LogP) is 4.00. The van der Waals surface area contributed by atoms with E-state index in [0.29, 0.717) is 12.1 Å². The van der Waals surface area contributed by atoms with E-state index in [2.05, 4.69) is 19.8 Å². The van der Waals surface area contributed by atoms with Gasteiger partial charge in [-0.2, -0.15) is 0 Å². The van der Waals surface area contributed by atoms with Gasteiger partial charge in [0.05, 0.1) is 25.3 Å². The highest BCUT2D eigenvalue weighted by Gasteiger charge is 2.28. The minimum absolute atomic E-state index is 0.414. The number of nitrogens with zero attached hydrogens (tertiary/aromatic N) is 2. The number of benzene rings is 2. The number of ether oxygens (including phenoxy) is 2. The maximum Gasteiger partial charge on any atom is 0.338 e. The van der Waals surface area contributed by atoms with Crippen molar-refractivity contribution in [3.8, 4) is 11.1 Å². The molecule has 0 spiro atoms. The van der Waals surface area contributed by atoms with E-state index in [0.717, 1.165) is 26.4 Å². The monoisotopic (exact) mass is 364 g/mol. The molecular formula is C16H10F2N2O6. The Kier molecular flexibility index (Phi) is 5.45. The first-order valence-corrected chi connectivity index (χ1v) is 6.88. The van der Waals surface area contributed by atoms with Gasteiger partial charge in [0.15, 0.2) is 0 Å². The van der Waals surface area contributed by atoms with Crippen LogP contribution in [0.2, 0.25) is 0 Å². The van der Waals surface area contributed by atoms with E-state index in [9.17, 15) is 28.2 Å². The van der Waals surface area contributed by atoms with Crippen molar-refractivity contribution in [1.82, 2.24) is 0 Å². The van der Waals surface area contributed by atoms with Gasteiger partial charge in [0, 0.05) is 23.3 Å². The molecule has 2 aromatic rings. The Balaban J connectivity index is 3.04. The normalized spacial score (nSPS) is 10.2. The summed E-state index contributed by atoms with van der Waals surface area (Å²) in [6.45, 7) is 0. The summed E-state index contributed by atoms with van der Waals surface area (Å²) in [6.07, 6.45) is 0. The molecule has 0 aliphatic rings. The summed E-state index contributed by atoms with van der Waals surface area (Å²) in [5.41, 5.74) is -3.09. The van der Waals surface area contributed by atoms with Crippen LogP contribution in [0, 0.1) is 21.4 Å². The highest BCUT2D eigenvalue weighted by Crippen LogP contribution is 2.43. The number of carbonyl (C=O) groups excluding carboxylic acids is 2. The van der Waals surface area contributed by atoms with Crippen molar-refractivity contribution in [1.29, 1.82) is 0 Å². The topological polar surface area (TPSA) is 111 Å². The fraction of sp³-hybridized carbons (Fsp3) is 0.125. The molecule has 26 heavy (non-hydrogen) atoms. The molecule has 0 amide bonds. The number of halogens is 2. The van der Waals surface area contributed by atoms with Gasteiger partial charge in [-0.15, -0.1) is 9.81 Å². The average Bonchev–Trinajstić information content (AvgIpc) is 2.65. The zero-order chi connectivity index (χ0) is 19.4. The lowest BCUT2D eigenvalue weighted by molar-refractivity contribution is 0.0589. The molecule has 0 aromatic heterocycles. The molecule has 0 aliphatic heterocycles. The first-order chi connectivity index (χ1) is 12.4. The van der Waals surface area contributed by atoms with Gasteiger partial charge in [-0.05, 0) is 22.5 Å². The molecule has 0 heterocycles. The number of hydrogen-bond acceptors (Lipinski definition) is 8. The van der Waals surface area contributed by atoms with Gasteiger partial charge < -0.3 is 9.47 Å². The summed E-state index contributed by atoms with van der Waals surface area (Å²) in [7, 11) is 1.99. The number of rotatable bonds is 5. The van der Waals surface area contributed by atoms with Crippen LogP contribution in [0.4, 0.5) is 20.2 Å². The van der Waals surface area contributed by atoms with Gasteiger partial charge in [-0.25, -0.2) is 18.4 Å². The van der Waals surface area contributed by atoms with Crippen LogP contribution in [-0.4, -0.2) is 26.2 Å². The molecule has 0 unspecified atom stereocenters. The maximum absolute atomic E-state index is 13.7. The molecule has 2 rings (SSSR count). The lowest BCUT2D eigenvalue weighted by Gasteiger charge is -2.15. The van der Waals surface area contributed by atoms with E-state index in [1.807, 2.05) is 0 Å². The molecule has 0 atom stereocenters. The molecule has 0 saturated heterocycles. The SMILES string of the molecule is COC(=O)c1cc(F)cc(N=O)c1-c1c(N=O)cc(F)cc1C(=O)OC. The van der Waals surface area contributed by atoms with E-state index in [1.54, 1.807) is 0 Å². The van der Waals surface area contributed by atoms with E-state index in [1.165, 1.54) is 0 Å². The van der Waals surface area contributed by atoms with Gasteiger partial charge in [-0.1, -0.05) is 0 Å². The minimum atomic E-state index is -1.08. The fourth-order valence-corrected chi connectivity index (χ4v) is 2.40. The Morgan fingerprint density at radius 3 is 1.38 bits per heavy atom. The van der Waals surface area contributed by atoms with Gasteiger partial charge in [-0.3, -0.25) is 0 Å². The molecule has 8 nitrogen and oxygen atoms in total. The highest BCUT2D eigenvalue weighted by atomic mass is 19.1. The Labute approximate surface area is 144 Å². The van der Waals surface area contributed by atoms with Crippen LogP contribution in [0.25, 0.3) is 11.1 Å². The van der Waals surface area contributed by atoms with Crippen LogP contribution in [0.5, 0.6) is 0 Å². The van der Waals surface area contributed by atoms with E-state index in [-0.39, 0.29) is 0 Å². The standard InChI is InChI=1S/C16H10F2N2O6/c1-25-15(21)9-3-7(17)5-11(19-23)13(9)14-10(16(22)26-2)4-8(18)6-12(14)20-24/h3-6H,1-2H3. The highest BCUT2D eigenvalue weighted by molar-refractivity contribution is 6.08. The molecule has 0 aliphatic carbocycles. The third kappa shape index (κ3) is 3.29. The first kappa shape index (κ1) is 18.8. The van der Waals surface area contributed by atoms with Crippen LogP contribution in [0.1, 0.15) is 20.7 Å². The van der Waals surface area contributed by atoms with Gasteiger partial charge in [0.1, 0.15) is 23.0 Å². The summed E-state index contributed by atoms with van der Waals surface area (Å²) in [5.74, 6) is -4.15. The summed E-state index contributed by atoms with van der Waals surface area (Å²) in [5, 5.41) is 5.24. The molecular weight excluding hydrogens is 354 g/mol. The third-order valence-electron chi connectivity index (χ3n) is 3.42. The Hall–Kier alpha value is -3.56. The fourth-order valence-electron chi connectivity index (χ4n) is 2.40. The number of esters is 2. The second-order valence-corrected chi connectivity index (χ2v) is 4.86. The Morgan fingerprint density at radius 2 is 1.12 bits per heavy atom. The van der Waals surface area contributed by atoms with Crippen molar-refractivity contribution in [3.05, 3.63) is 56.8 Å². The van der Waals surface area contributed by atoms with Gasteiger partial charge in [0.2, 0.25) is 0 Å². The largest absolute Gasteiger partial charge is 0.465 e. The number of hydrogen-bond donors (Lipinski definition) is 0. The molecule has 0 radical (unpaired) electrons. The zero-order valence-corrected chi connectivity index (χ0v) is 13.4. The molecule has 2 aromatic carbocycles. The van der Waals surface area contributed by atoms with Crippen molar-refractivity contribution in [3.63, 3.8) is 0 Å². The predicted molar refractivity (Wildman–Crippen MR) is 85.4 cm³/mol. The van der Waals surface area contributed by atoms with Crippen LogP contribution >= 0.6 is 0 Å². The average molecular weight is 364 g/mol. The molecule has 134 valence electrons. The number of carbonyl (C=O) groups is 2. The smallest absolute Gasteiger partial charge is 0.338 e. The van der Waals surface area contributed by atoms with E-state index in [4.69, 9.17) is 0 Å². The van der Waals surface area contributed by atoms with Crippen molar-refractivity contribution in [2.24, 2.45) is 10.4 Å². The van der Waals surface area contributed by atoms with Crippen LogP contribution < -0.4 is 0 Å². The van der Waals surface area contributed by atoms with Crippen LogP contribution in [0.15, 0.2) is 34.6 Å². The van der Waals surface area contributed by atoms with Crippen molar-refractivity contribution in [2.45, 2.75) is 0 Å². The molecule has 10 heteroatoms. The lowest BCUT2D eigenvalue weighted by atomic mass is 9.92. The summed E-state index contributed by atoms with van der Waals surface area (Å²) in [6, 6.07) is 2.78. The molecule has 0 fully saturated rings. The summed E-state index contributed by atoms with van der Waals surface area (Å²) in [4.78, 5) is 46.4. The number of nitroso groups, excluding NO2 is 2. The zero-order valence-electron chi connectivity index (χ0n) is 13.4.